The summed E-state index contributed by atoms with van der Waals surface area (Å²) < 4.78 is 0. The van der Waals surface area contributed by atoms with Crippen LogP contribution in [0.1, 0.15) is 43.3 Å². The van der Waals surface area contributed by atoms with Gasteiger partial charge < -0.3 is 10.6 Å². The lowest BCUT2D eigenvalue weighted by Gasteiger charge is -2.36. The summed E-state index contributed by atoms with van der Waals surface area (Å²) in [7, 11) is 0. The van der Waals surface area contributed by atoms with Crippen molar-refractivity contribution < 1.29 is 4.79 Å². The molecule has 112 valence electrons. The van der Waals surface area contributed by atoms with Crippen LogP contribution >= 0.6 is 11.3 Å². The number of nitrogens with one attached hydrogen (secondary N) is 2. The SMILES string of the molecule is CCCC1(C(=O)NCCc2csc(C)n2)CCNCC1. The molecule has 0 aliphatic carbocycles. The molecule has 1 aliphatic rings. The normalized spacial score (nSPS) is 17.9. The number of carbonyl (C=O) groups excluding carboxylic acids is 1. The Bertz CT molecular complexity index is 433. The molecule has 0 unspecified atom stereocenters. The fraction of sp³-hybridized carbons (Fsp3) is 0.733. The quantitative estimate of drug-likeness (QED) is 0.846. The largest absolute Gasteiger partial charge is 0.355 e. The number of piperidine rings is 1. The molecule has 1 amide bonds. The van der Waals surface area contributed by atoms with Crippen molar-refractivity contribution in [3.63, 3.8) is 0 Å². The van der Waals surface area contributed by atoms with Crippen LogP contribution in [0, 0.1) is 12.3 Å². The summed E-state index contributed by atoms with van der Waals surface area (Å²) in [5.41, 5.74) is 0.945. The second-order valence-corrected chi connectivity index (χ2v) is 6.71. The number of hydrogen-bond acceptors (Lipinski definition) is 4. The van der Waals surface area contributed by atoms with Crippen LogP contribution in [0.25, 0.3) is 0 Å². The Labute approximate surface area is 125 Å². The van der Waals surface area contributed by atoms with E-state index in [2.05, 4.69) is 27.9 Å². The summed E-state index contributed by atoms with van der Waals surface area (Å²) in [6, 6.07) is 0. The smallest absolute Gasteiger partial charge is 0.226 e. The van der Waals surface area contributed by atoms with Crippen molar-refractivity contribution in [2.24, 2.45) is 5.41 Å². The first-order valence-electron chi connectivity index (χ1n) is 7.56. The van der Waals surface area contributed by atoms with Gasteiger partial charge in [0.1, 0.15) is 0 Å². The minimum atomic E-state index is -0.141. The van der Waals surface area contributed by atoms with Gasteiger partial charge in [-0.05, 0) is 39.3 Å². The summed E-state index contributed by atoms with van der Waals surface area (Å²) in [6.07, 6.45) is 4.82. The molecule has 1 fully saturated rings. The molecule has 0 bridgehead atoms. The first kappa shape index (κ1) is 15.4. The van der Waals surface area contributed by atoms with Gasteiger partial charge in [-0.2, -0.15) is 0 Å². The highest BCUT2D eigenvalue weighted by Crippen LogP contribution is 2.34. The van der Waals surface area contributed by atoms with E-state index in [4.69, 9.17) is 0 Å². The highest BCUT2D eigenvalue weighted by atomic mass is 32.1. The van der Waals surface area contributed by atoms with Crippen molar-refractivity contribution in [3.8, 4) is 0 Å². The minimum Gasteiger partial charge on any atom is -0.355 e. The molecular formula is C15H25N3OS. The van der Waals surface area contributed by atoms with E-state index in [1.807, 2.05) is 6.92 Å². The monoisotopic (exact) mass is 295 g/mol. The molecule has 20 heavy (non-hydrogen) atoms. The third-order valence-electron chi connectivity index (χ3n) is 4.10. The van der Waals surface area contributed by atoms with Crippen LogP contribution in [0.3, 0.4) is 0 Å². The number of thiazole rings is 1. The molecule has 4 nitrogen and oxygen atoms in total. The Morgan fingerprint density at radius 1 is 1.50 bits per heavy atom. The average molecular weight is 295 g/mol. The molecule has 0 saturated carbocycles. The third kappa shape index (κ3) is 3.79. The van der Waals surface area contributed by atoms with E-state index in [0.29, 0.717) is 6.54 Å². The van der Waals surface area contributed by atoms with E-state index in [9.17, 15) is 4.79 Å². The minimum absolute atomic E-state index is 0.141. The van der Waals surface area contributed by atoms with Crippen LogP contribution < -0.4 is 10.6 Å². The second kappa shape index (κ2) is 7.18. The van der Waals surface area contributed by atoms with Gasteiger partial charge in [-0.15, -0.1) is 11.3 Å². The first-order chi connectivity index (χ1) is 9.66. The molecule has 2 N–H and O–H groups in total. The molecule has 2 heterocycles. The maximum atomic E-state index is 12.5. The third-order valence-corrected chi connectivity index (χ3v) is 4.93. The molecule has 1 aromatic rings. The zero-order chi connectivity index (χ0) is 14.4. The first-order valence-corrected chi connectivity index (χ1v) is 8.44. The van der Waals surface area contributed by atoms with Gasteiger partial charge >= 0.3 is 0 Å². The van der Waals surface area contributed by atoms with Crippen molar-refractivity contribution in [3.05, 3.63) is 16.1 Å². The zero-order valence-electron chi connectivity index (χ0n) is 12.5. The summed E-state index contributed by atoms with van der Waals surface area (Å²) in [4.78, 5) is 17.0. The van der Waals surface area contributed by atoms with Crippen molar-refractivity contribution in [1.29, 1.82) is 0 Å². The highest BCUT2D eigenvalue weighted by Gasteiger charge is 2.38. The molecule has 2 rings (SSSR count). The van der Waals surface area contributed by atoms with Gasteiger partial charge in [-0.1, -0.05) is 13.3 Å². The molecule has 1 aliphatic heterocycles. The predicted octanol–water partition coefficient (Wildman–Crippen LogP) is 2.28. The molecule has 5 heteroatoms. The maximum Gasteiger partial charge on any atom is 0.226 e. The van der Waals surface area contributed by atoms with Crippen molar-refractivity contribution in [1.82, 2.24) is 15.6 Å². The molecule has 1 aromatic heterocycles. The fourth-order valence-electron chi connectivity index (χ4n) is 2.99. The Hall–Kier alpha value is -0.940. The number of carbonyl (C=O) groups is 1. The molecule has 0 atom stereocenters. The Kier molecular flexibility index (Phi) is 5.54. The van der Waals surface area contributed by atoms with Crippen LogP contribution in [-0.2, 0) is 11.2 Å². The lowest BCUT2D eigenvalue weighted by molar-refractivity contribution is -0.133. The molecule has 0 spiro atoms. The molecule has 0 radical (unpaired) electrons. The number of amides is 1. The van der Waals surface area contributed by atoms with Crippen LogP contribution in [0.5, 0.6) is 0 Å². The second-order valence-electron chi connectivity index (χ2n) is 5.64. The van der Waals surface area contributed by atoms with Crippen LogP contribution in [0.2, 0.25) is 0 Å². The number of aryl methyl sites for hydroxylation is 1. The van der Waals surface area contributed by atoms with E-state index in [0.717, 1.165) is 55.9 Å². The number of aromatic nitrogens is 1. The van der Waals surface area contributed by atoms with Gasteiger partial charge in [0.25, 0.3) is 0 Å². The average Bonchev–Trinajstić information content (AvgIpc) is 2.86. The molecule has 1 saturated heterocycles. The van der Waals surface area contributed by atoms with Crippen molar-refractivity contribution >= 4 is 17.2 Å². The zero-order valence-corrected chi connectivity index (χ0v) is 13.3. The lowest BCUT2D eigenvalue weighted by atomic mass is 9.74. The van der Waals surface area contributed by atoms with E-state index in [1.165, 1.54) is 0 Å². The molecule has 0 aromatic carbocycles. The van der Waals surface area contributed by atoms with Crippen LogP contribution in [-0.4, -0.2) is 30.5 Å². The standard InChI is InChI=1S/C15H25N3OS/c1-3-5-15(6-9-16-10-7-15)14(19)17-8-4-13-11-20-12(2)18-13/h11,16H,3-10H2,1-2H3,(H,17,19). The van der Waals surface area contributed by atoms with Gasteiger partial charge in [0.15, 0.2) is 0 Å². The summed E-state index contributed by atoms with van der Waals surface area (Å²) in [6.45, 7) is 6.78. The summed E-state index contributed by atoms with van der Waals surface area (Å²) in [5, 5.41) is 9.65. The Morgan fingerprint density at radius 2 is 2.25 bits per heavy atom. The van der Waals surface area contributed by atoms with Gasteiger partial charge in [-0.25, -0.2) is 4.98 Å². The predicted molar refractivity (Wildman–Crippen MR) is 83.0 cm³/mol. The van der Waals surface area contributed by atoms with Gasteiger partial charge in [-0.3, -0.25) is 4.79 Å². The van der Waals surface area contributed by atoms with E-state index >= 15 is 0 Å². The Balaban J connectivity index is 1.85. The number of nitrogens with zero attached hydrogens (tertiary/aromatic N) is 1. The maximum absolute atomic E-state index is 12.5. The van der Waals surface area contributed by atoms with E-state index in [1.54, 1.807) is 11.3 Å². The van der Waals surface area contributed by atoms with Gasteiger partial charge in [0, 0.05) is 18.3 Å². The van der Waals surface area contributed by atoms with Crippen LogP contribution in [0.4, 0.5) is 0 Å². The fourth-order valence-corrected chi connectivity index (χ4v) is 3.64. The van der Waals surface area contributed by atoms with Crippen molar-refractivity contribution in [2.75, 3.05) is 19.6 Å². The molecular weight excluding hydrogens is 270 g/mol. The topological polar surface area (TPSA) is 54.0 Å². The van der Waals surface area contributed by atoms with E-state index < -0.39 is 0 Å². The highest BCUT2D eigenvalue weighted by molar-refractivity contribution is 7.09. The van der Waals surface area contributed by atoms with E-state index in [-0.39, 0.29) is 11.3 Å². The van der Waals surface area contributed by atoms with Crippen molar-refractivity contribution in [2.45, 2.75) is 46.0 Å². The van der Waals surface area contributed by atoms with Crippen LogP contribution in [0.15, 0.2) is 5.38 Å². The number of rotatable bonds is 6. The Morgan fingerprint density at radius 3 is 2.85 bits per heavy atom. The lowest BCUT2D eigenvalue weighted by Crippen LogP contribution is -2.48. The van der Waals surface area contributed by atoms with Gasteiger partial charge in [0.2, 0.25) is 5.91 Å². The van der Waals surface area contributed by atoms with Gasteiger partial charge in [0.05, 0.1) is 16.1 Å². The number of hydrogen-bond donors (Lipinski definition) is 2. The summed E-state index contributed by atoms with van der Waals surface area (Å²) in [5.74, 6) is 0.243. The summed E-state index contributed by atoms with van der Waals surface area (Å²) >= 11 is 1.67.